The molecule has 1 fully saturated rings. The van der Waals surface area contributed by atoms with Gasteiger partial charge in [-0.25, -0.2) is 4.98 Å². The minimum atomic E-state index is -0.661. The summed E-state index contributed by atoms with van der Waals surface area (Å²) in [5, 5.41) is 12.0. The number of hydrogen-bond acceptors (Lipinski definition) is 3. The van der Waals surface area contributed by atoms with E-state index in [1.807, 2.05) is 5.38 Å². The number of aromatic nitrogens is 1. The van der Waals surface area contributed by atoms with Crippen molar-refractivity contribution in [3.05, 3.63) is 16.1 Å². The summed E-state index contributed by atoms with van der Waals surface area (Å²) in [6.07, 6.45) is 3.16. The number of nitrogens with zero attached hydrogens (tertiary/aromatic N) is 1. The van der Waals surface area contributed by atoms with Crippen LogP contribution in [0.4, 0.5) is 0 Å². The zero-order valence-corrected chi connectivity index (χ0v) is 8.93. The number of thiazole rings is 1. The van der Waals surface area contributed by atoms with Gasteiger partial charge in [-0.2, -0.15) is 0 Å². The number of carbonyl (C=O) groups is 1. The van der Waals surface area contributed by atoms with Crippen LogP contribution in [0, 0.1) is 5.41 Å². The molecule has 0 saturated heterocycles. The Morgan fingerprint density at radius 3 is 2.86 bits per heavy atom. The first-order valence-electron chi connectivity index (χ1n) is 4.83. The van der Waals surface area contributed by atoms with E-state index < -0.39 is 11.4 Å². The highest BCUT2D eigenvalue weighted by molar-refractivity contribution is 7.09. The van der Waals surface area contributed by atoms with E-state index in [2.05, 4.69) is 11.9 Å². The van der Waals surface area contributed by atoms with E-state index in [1.54, 1.807) is 11.3 Å². The predicted molar refractivity (Wildman–Crippen MR) is 54.5 cm³/mol. The van der Waals surface area contributed by atoms with Crippen LogP contribution in [0.3, 0.4) is 0 Å². The number of carboxylic acids is 1. The van der Waals surface area contributed by atoms with Crippen molar-refractivity contribution in [1.29, 1.82) is 0 Å². The Morgan fingerprint density at radius 1 is 1.71 bits per heavy atom. The molecule has 1 N–H and O–H groups in total. The average Bonchev–Trinajstić information content (AvgIpc) is 2.78. The molecule has 0 aromatic carbocycles. The quantitative estimate of drug-likeness (QED) is 0.829. The summed E-state index contributed by atoms with van der Waals surface area (Å²) < 4.78 is 0. The molecule has 0 amide bonds. The summed E-state index contributed by atoms with van der Waals surface area (Å²) >= 11 is 1.58. The van der Waals surface area contributed by atoms with Crippen LogP contribution in [0.25, 0.3) is 0 Å². The lowest BCUT2D eigenvalue weighted by Gasteiger charge is -2.05. The lowest BCUT2D eigenvalue weighted by molar-refractivity contribution is -0.143. The van der Waals surface area contributed by atoms with Gasteiger partial charge in [0.25, 0.3) is 0 Å². The molecule has 76 valence electrons. The summed E-state index contributed by atoms with van der Waals surface area (Å²) in [6.45, 7) is 2.06. The Balaban J connectivity index is 2.07. The molecule has 0 atom stereocenters. The number of carboxylic acid groups (broad SMARTS) is 1. The van der Waals surface area contributed by atoms with Gasteiger partial charge in [0.05, 0.1) is 16.1 Å². The molecule has 2 rings (SSSR count). The summed E-state index contributed by atoms with van der Waals surface area (Å²) in [7, 11) is 0. The minimum absolute atomic E-state index is 0.469. The summed E-state index contributed by atoms with van der Waals surface area (Å²) in [4.78, 5) is 15.3. The molecule has 0 bridgehead atoms. The lowest BCUT2D eigenvalue weighted by atomic mass is 10.0. The molecule has 0 aliphatic heterocycles. The fraction of sp³-hybridized carbons (Fsp3) is 0.600. The number of aryl methyl sites for hydroxylation is 1. The lowest BCUT2D eigenvalue weighted by Crippen LogP contribution is -2.17. The van der Waals surface area contributed by atoms with Crippen molar-refractivity contribution in [3.63, 3.8) is 0 Å². The molecule has 0 spiro atoms. The Hall–Kier alpha value is -0.900. The third-order valence-electron chi connectivity index (χ3n) is 2.76. The first kappa shape index (κ1) is 9.65. The molecule has 0 radical (unpaired) electrons. The SMILES string of the molecule is CCc1csc(CC2(C(=O)O)CC2)n1. The van der Waals surface area contributed by atoms with E-state index in [4.69, 9.17) is 5.11 Å². The van der Waals surface area contributed by atoms with Crippen LogP contribution in [0.2, 0.25) is 0 Å². The van der Waals surface area contributed by atoms with Crippen molar-refractivity contribution < 1.29 is 9.90 Å². The topological polar surface area (TPSA) is 50.2 Å². The molecule has 4 heteroatoms. The van der Waals surface area contributed by atoms with E-state index in [-0.39, 0.29) is 0 Å². The van der Waals surface area contributed by atoms with Crippen molar-refractivity contribution in [2.24, 2.45) is 5.41 Å². The number of hydrogen-bond donors (Lipinski definition) is 1. The van der Waals surface area contributed by atoms with E-state index in [0.717, 1.165) is 30.0 Å². The summed E-state index contributed by atoms with van der Waals surface area (Å²) in [5.74, 6) is -0.661. The van der Waals surface area contributed by atoms with Crippen LogP contribution in [-0.4, -0.2) is 16.1 Å². The van der Waals surface area contributed by atoms with Crippen molar-refractivity contribution in [3.8, 4) is 0 Å². The zero-order valence-electron chi connectivity index (χ0n) is 8.12. The van der Waals surface area contributed by atoms with E-state index in [1.165, 1.54) is 0 Å². The second-order valence-corrected chi connectivity index (χ2v) is 4.79. The third-order valence-corrected chi connectivity index (χ3v) is 3.66. The van der Waals surface area contributed by atoms with Gasteiger partial charge in [0.2, 0.25) is 0 Å². The minimum Gasteiger partial charge on any atom is -0.481 e. The normalized spacial score (nSPS) is 18.1. The Kier molecular flexibility index (Phi) is 2.31. The highest BCUT2D eigenvalue weighted by Gasteiger charge is 2.50. The molecule has 1 aliphatic carbocycles. The van der Waals surface area contributed by atoms with Gasteiger partial charge in [-0.05, 0) is 19.3 Å². The van der Waals surface area contributed by atoms with E-state index >= 15 is 0 Å². The maximum Gasteiger partial charge on any atom is 0.310 e. The van der Waals surface area contributed by atoms with Gasteiger partial charge in [-0.15, -0.1) is 11.3 Å². The molecule has 14 heavy (non-hydrogen) atoms. The molecule has 1 heterocycles. The van der Waals surface area contributed by atoms with Crippen molar-refractivity contribution in [1.82, 2.24) is 4.98 Å². The summed E-state index contributed by atoms with van der Waals surface area (Å²) in [5.41, 5.74) is 0.606. The fourth-order valence-electron chi connectivity index (χ4n) is 1.50. The second kappa shape index (κ2) is 3.35. The predicted octanol–water partition coefficient (Wildman–Crippen LogP) is 2.11. The van der Waals surface area contributed by atoms with Crippen LogP contribution in [0.15, 0.2) is 5.38 Å². The van der Waals surface area contributed by atoms with E-state index in [0.29, 0.717) is 6.42 Å². The standard InChI is InChI=1S/C10H13NO2S/c1-2-7-6-14-8(11-7)5-10(3-4-10)9(12)13/h6H,2-5H2,1H3,(H,12,13). The molecule has 1 saturated carbocycles. The maximum absolute atomic E-state index is 10.9. The molecule has 1 aromatic rings. The van der Waals surface area contributed by atoms with Gasteiger partial charge in [0.1, 0.15) is 0 Å². The fourth-order valence-corrected chi connectivity index (χ4v) is 2.52. The van der Waals surface area contributed by atoms with Crippen molar-refractivity contribution in [2.45, 2.75) is 32.6 Å². The van der Waals surface area contributed by atoms with Crippen molar-refractivity contribution >= 4 is 17.3 Å². The Bertz CT molecular complexity index is 355. The van der Waals surface area contributed by atoms with Crippen LogP contribution in [0.1, 0.15) is 30.5 Å². The van der Waals surface area contributed by atoms with Crippen LogP contribution < -0.4 is 0 Å². The summed E-state index contributed by atoms with van der Waals surface area (Å²) in [6, 6.07) is 0. The first-order valence-corrected chi connectivity index (χ1v) is 5.71. The van der Waals surface area contributed by atoms with Crippen LogP contribution >= 0.6 is 11.3 Å². The molecule has 1 aromatic heterocycles. The highest BCUT2D eigenvalue weighted by atomic mass is 32.1. The Labute approximate surface area is 86.8 Å². The van der Waals surface area contributed by atoms with Gasteiger partial charge < -0.3 is 5.11 Å². The maximum atomic E-state index is 10.9. The van der Waals surface area contributed by atoms with Crippen molar-refractivity contribution in [2.75, 3.05) is 0 Å². The Morgan fingerprint density at radius 2 is 2.43 bits per heavy atom. The van der Waals surface area contributed by atoms with Crippen LogP contribution in [-0.2, 0) is 17.6 Å². The number of aliphatic carboxylic acids is 1. The van der Waals surface area contributed by atoms with Gasteiger partial charge in [-0.1, -0.05) is 6.92 Å². The monoisotopic (exact) mass is 211 g/mol. The van der Waals surface area contributed by atoms with Gasteiger partial charge in [-0.3, -0.25) is 4.79 Å². The molecular formula is C10H13NO2S. The van der Waals surface area contributed by atoms with Gasteiger partial charge >= 0.3 is 5.97 Å². The average molecular weight is 211 g/mol. The first-order chi connectivity index (χ1) is 6.66. The number of rotatable bonds is 4. The second-order valence-electron chi connectivity index (χ2n) is 3.85. The molecular weight excluding hydrogens is 198 g/mol. The van der Waals surface area contributed by atoms with Gasteiger partial charge in [0, 0.05) is 11.8 Å². The van der Waals surface area contributed by atoms with Crippen LogP contribution in [0.5, 0.6) is 0 Å². The van der Waals surface area contributed by atoms with Gasteiger partial charge in [0.15, 0.2) is 0 Å². The van der Waals surface area contributed by atoms with E-state index in [9.17, 15) is 4.79 Å². The molecule has 3 nitrogen and oxygen atoms in total. The zero-order chi connectivity index (χ0) is 10.2. The third kappa shape index (κ3) is 1.66. The smallest absolute Gasteiger partial charge is 0.310 e. The largest absolute Gasteiger partial charge is 0.481 e. The molecule has 1 aliphatic rings. The molecule has 0 unspecified atom stereocenters. The highest BCUT2D eigenvalue weighted by Crippen LogP contribution is 2.48.